The van der Waals surface area contributed by atoms with E-state index in [-0.39, 0.29) is 11.5 Å². The van der Waals surface area contributed by atoms with Gasteiger partial charge in [-0.2, -0.15) is 0 Å². The predicted octanol–water partition coefficient (Wildman–Crippen LogP) is 4.84. The number of benzene rings is 2. The van der Waals surface area contributed by atoms with E-state index in [4.69, 9.17) is 4.98 Å². The van der Waals surface area contributed by atoms with Gasteiger partial charge in [-0.05, 0) is 42.2 Å². The van der Waals surface area contributed by atoms with E-state index in [1.165, 1.54) is 12.1 Å². The van der Waals surface area contributed by atoms with E-state index in [1.807, 2.05) is 36.4 Å². The molecule has 1 heterocycles. The smallest absolute Gasteiger partial charge is 0.269 e. The highest BCUT2D eigenvalue weighted by Crippen LogP contribution is 2.34. The van der Waals surface area contributed by atoms with E-state index < -0.39 is 4.92 Å². The third kappa shape index (κ3) is 2.88. The number of nitro groups is 1. The van der Waals surface area contributed by atoms with Crippen LogP contribution >= 0.6 is 0 Å². The molecule has 0 unspecified atom stereocenters. The van der Waals surface area contributed by atoms with Crippen molar-refractivity contribution < 1.29 is 9.72 Å². The van der Waals surface area contributed by atoms with Crippen LogP contribution in [0.2, 0.25) is 0 Å². The molecule has 5 nitrogen and oxygen atoms in total. The van der Waals surface area contributed by atoms with E-state index in [0.29, 0.717) is 12.0 Å². The van der Waals surface area contributed by atoms with E-state index in [9.17, 15) is 14.9 Å². The number of aryl methyl sites for hydroxylation is 1. The van der Waals surface area contributed by atoms with Crippen LogP contribution in [0.25, 0.3) is 22.4 Å². The van der Waals surface area contributed by atoms with Gasteiger partial charge in [-0.25, -0.2) is 0 Å². The summed E-state index contributed by atoms with van der Waals surface area (Å²) in [7, 11) is 0. The second-order valence-corrected chi connectivity index (χ2v) is 6.32. The standard InChI is InChI=1S/C21H16N2O3/c24-20-8-4-7-18-21(20)17(14-9-11-16(12-10-14)23(25)26)13-19(22-18)15-5-2-1-3-6-15/h1-3,5-6,9-13H,4,7-8H2. The minimum absolute atomic E-state index is 0.0336. The van der Waals surface area contributed by atoms with Crippen LogP contribution in [-0.2, 0) is 6.42 Å². The summed E-state index contributed by atoms with van der Waals surface area (Å²) in [5, 5.41) is 10.9. The first-order valence-corrected chi connectivity index (χ1v) is 8.51. The first-order chi connectivity index (χ1) is 12.6. The second-order valence-electron chi connectivity index (χ2n) is 6.32. The molecule has 0 saturated heterocycles. The summed E-state index contributed by atoms with van der Waals surface area (Å²) in [6.07, 6.45) is 2.08. The molecule has 4 rings (SSSR count). The Morgan fingerprint density at radius 1 is 0.923 bits per heavy atom. The number of nitro benzene ring substituents is 1. The Hall–Kier alpha value is -3.34. The van der Waals surface area contributed by atoms with Gasteiger partial charge >= 0.3 is 0 Å². The van der Waals surface area contributed by atoms with Gasteiger partial charge in [0.15, 0.2) is 5.78 Å². The molecular formula is C21H16N2O3. The molecule has 1 aliphatic rings. The molecule has 0 amide bonds. The monoisotopic (exact) mass is 344 g/mol. The molecule has 26 heavy (non-hydrogen) atoms. The van der Waals surface area contributed by atoms with Crippen molar-refractivity contribution >= 4 is 11.5 Å². The van der Waals surface area contributed by atoms with Crippen LogP contribution < -0.4 is 0 Å². The topological polar surface area (TPSA) is 73.1 Å². The van der Waals surface area contributed by atoms with Gasteiger partial charge in [0, 0.05) is 29.7 Å². The number of fused-ring (bicyclic) bond motifs is 1. The van der Waals surface area contributed by atoms with Gasteiger partial charge in [-0.15, -0.1) is 0 Å². The van der Waals surface area contributed by atoms with Gasteiger partial charge in [-0.3, -0.25) is 19.9 Å². The number of rotatable bonds is 3. The Morgan fingerprint density at radius 2 is 1.65 bits per heavy atom. The molecule has 0 bridgehead atoms. The lowest BCUT2D eigenvalue weighted by atomic mass is 9.87. The van der Waals surface area contributed by atoms with Crippen LogP contribution in [0.15, 0.2) is 60.7 Å². The largest absolute Gasteiger partial charge is 0.294 e. The normalized spacial score (nSPS) is 13.3. The summed E-state index contributed by atoms with van der Waals surface area (Å²) in [6.45, 7) is 0. The average Bonchev–Trinajstić information content (AvgIpc) is 2.68. The van der Waals surface area contributed by atoms with Crippen molar-refractivity contribution in [2.45, 2.75) is 19.3 Å². The lowest BCUT2D eigenvalue weighted by Gasteiger charge is -2.19. The molecule has 0 N–H and O–H groups in total. The molecule has 5 heteroatoms. The number of ketones is 1. The van der Waals surface area contributed by atoms with E-state index in [0.717, 1.165) is 40.9 Å². The highest BCUT2D eigenvalue weighted by Gasteiger charge is 2.24. The molecule has 0 fully saturated rings. The van der Waals surface area contributed by atoms with Crippen LogP contribution in [0.1, 0.15) is 28.9 Å². The summed E-state index contributed by atoms with van der Waals surface area (Å²) < 4.78 is 0. The fraction of sp³-hybridized carbons (Fsp3) is 0.143. The third-order valence-electron chi connectivity index (χ3n) is 4.65. The van der Waals surface area contributed by atoms with Crippen molar-refractivity contribution in [2.75, 3.05) is 0 Å². The molecule has 0 radical (unpaired) electrons. The first-order valence-electron chi connectivity index (χ1n) is 8.51. The van der Waals surface area contributed by atoms with Crippen LogP contribution in [0.4, 0.5) is 5.69 Å². The Bertz CT molecular complexity index is 996. The molecule has 1 aromatic heterocycles. The quantitative estimate of drug-likeness (QED) is 0.503. The van der Waals surface area contributed by atoms with Crippen molar-refractivity contribution in [3.63, 3.8) is 0 Å². The second kappa shape index (κ2) is 6.52. The van der Waals surface area contributed by atoms with E-state index in [1.54, 1.807) is 12.1 Å². The van der Waals surface area contributed by atoms with Crippen LogP contribution in [0.3, 0.4) is 0 Å². The van der Waals surface area contributed by atoms with Crippen molar-refractivity contribution in [3.05, 3.63) is 82.0 Å². The Kier molecular flexibility index (Phi) is 4.05. The number of non-ortho nitro benzene ring substituents is 1. The SMILES string of the molecule is O=C1CCCc2nc(-c3ccccc3)cc(-c3ccc([N+](=O)[O-])cc3)c21. The molecule has 0 saturated carbocycles. The van der Waals surface area contributed by atoms with Crippen molar-refractivity contribution in [1.29, 1.82) is 0 Å². The fourth-order valence-electron chi connectivity index (χ4n) is 3.38. The van der Waals surface area contributed by atoms with Crippen LogP contribution in [0.5, 0.6) is 0 Å². The predicted molar refractivity (Wildman–Crippen MR) is 99.0 cm³/mol. The minimum Gasteiger partial charge on any atom is -0.294 e. The van der Waals surface area contributed by atoms with Gasteiger partial charge in [0.1, 0.15) is 0 Å². The number of Topliss-reactive ketones (excluding diaryl/α,β-unsaturated/α-hetero) is 1. The molecule has 2 aromatic carbocycles. The number of carbonyl (C=O) groups excluding carboxylic acids is 1. The Labute approximate surface area is 150 Å². The maximum Gasteiger partial charge on any atom is 0.269 e. The molecule has 0 atom stereocenters. The van der Waals surface area contributed by atoms with Gasteiger partial charge in [0.25, 0.3) is 5.69 Å². The van der Waals surface area contributed by atoms with Gasteiger partial charge in [0.2, 0.25) is 0 Å². The highest BCUT2D eigenvalue weighted by atomic mass is 16.6. The van der Waals surface area contributed by atoms with Crippen molar-refractivity contribution in [1.82, 2.24) is 4.98 Å². The molecular weight excluding hydrogens is 328 g/mol. The summed E-state index contributed by atoms with van der Waals surface area (Å²) >= 11 is 0. The maximum atomic E-state index is 12.6. The molecule has 3 aromatic rings. The van der Waals surface area contributed by atoms with Gasteiger partial charge in [0.05, 0.1) is 16.3 Å². The highest BCUT2D eigenvalue weighted by molar-refractivity contribution is 6.04. The minimum atomic E-state index is -0.424. The third-order valence-corrected chi connectivity index (χ3v) is 4.65. The number of hydrogen-bond acceptors (Lipinski definition) is 4. The zero-order valence-electron chi connectivity index (χ0n) is 14.0. The van der Waals surface area contributed by atoms with Gasteiger partial charge < -0.3 is 0 Å². The molecule has 1 aliphatic carbocycles. The summed E-state index contributed by atoms with van der Waals surface area (Å²) in [6, 6.07) is 18.1. The Balaban J connectivity index is 1.91. The van der Waals surface area contributed by atoms with Crippen LogP contribution in [-0.4, -0.2) is 15.7 Å². The zero-order valence-corrected chi connectivity index (χ0v) is 14.0. The molecule has 128 valence electrons. The summed E-state index contributed by atoms with van der Waals surface area (Å²) in [5.74, 6) is 0.0896. The number of pyridine rings is 1. The number of aromatic nitrogens is 1. The Morgan fingerprint density at radius 3 is 2.35 bits per heavy atom. The number of carbonyl (C=O) groups is 1. The average molecular weight is 344 g/mol. The molecule has 0 aliphatic heterocycles. The zero-order chi connectivity index (χ0) is 18.1. The number of hydrogen-bond donors (Lipinski definition) is 0. The summed E-state index contributed by atoms with van der Waals surface area (Å²) in [4.78, 5) is 27.8. The summed E-state index contributed by atoms with van der Waals surface area (Å²) in [5.41, 5.74) is 4.89. The van der Waals surface area contributed by atoms with Gasteiger partial charge in [-0.1, -0.05) is 30.3 Å². The maximum absolute atomic E-state index is 12.6. The first kappa shape index (κ1) is 16.1. The van der Waals surface area contributed by atoms with Crippen molar-refractivity contribution in [3.8, 4) is 22.4 Å². The van der Waals surface area contributed by atoms with E-state index in [2.05, 4.69) is 0 Å². The number of nitrogens with zero attached hydrogens (tertiary/aromatic N) is 2. The fourth-order valence-corrected chi connectivity index (χ4v) is 3.38. The van der Waals surface area contributed by atoms with E-state index >= 15 is 0 Å². The lowest BCUT2D eigenvalue weighted by molar-refractivity contribution is -0.384. The van der Waals surface area contributed by atoms with Crippen molar-refractivity contribution in [2.24, 2.45) is 0 Å². The lowest BCUT2D eigenvalue weighted by Crippen LogP contribution is -2.14. The van der Waals surface area contributed by atoms with Crippen LogP contribution in [0, 0.1) is 10.1 Å². The molecule has 0 spiro atoms.